The second kappa shape index (κ2) is 9.71. The van der Waals surface area contributed by atoms with Crippen LogP contribution in [0.25, 0.3) is 11.0 Å². The highest BCUT2D eigenvalue weighted by Crippen LogP contribution is 2.29. The molecule has 1 atom stereocenters. The third-order valence-electron chi connectivity index (χ3n) is 6.11. The quantitative estimate of drug-likeness (QED) is 0.383. The Balaban J connectivity index is 1.24. The van der Waals surface area contributed by atoms with Gasteiger partial charge in [0.2, 0.25) is 5.91 Å². The van der Waals surface area contributed by atoms with Gasteiger partial charge >= 0.3 is 0 Å². The average Bonchev–Trinajstić information content (AvgIpc) is 3.53. The Kier molecular flexibility index (Phi) is 6.33. The minimum Gasteiger partial charge on any atom is -0.346 e. The predicted molar refractivity (Wildman–Crippen MR) is 135 cm³/mol. The molecule has 9 heteroatoms. The third kappa shape index (κ3) is 4.81. The molecule has 3 N–H and O–H groups in total. The van der Waals surface area contributed by atoms with Gasteiger partial charge in [-0.05, 0) is 48.7 Å². The van der Waals surface area contributed by atoms with Gasteiger partial charge in [-0.1, -0.05) is 25.1 Å². The largest absolute Gasteiger partial charge is 0.346 e. The number of nitrogens with zero attached hydrogens (tertiary/aromatic N) is 2. The van der Waals surface area contributed by atoms with Gasteiger partial charge in [0.05, 0.1) is 10.4 Å². The van der Waals surface area contributed by atoms with E-state index in [1.807, 2.05) is 49.4 Å². The molecule has 3 amide bonds. The fourth-order valence-corrected chi connectivity index (χ4v) is 5.27. The fourth-order valence-electron chi connectivity index (χ4n) is 4.21. The van der Waals surface area contributed by atoms with Crippen LogP contribution >= 0.6 is 11.3 Å². The highest BCUT2D eigenvalue weighted by atomic mass is 32.1. The fraction of sp³-hybridized carbons (Fsp3) is 0.231. The maximum Gasteiger partial charge on any atom is 0.265 e. The van der Waals surface area contributed by atoms with Crippen LogP contribution in [0.1, 0.15) is 43.8 Å². The number of carbonyl (C=O) groups is 3. The van der Waals surface area contributed by atoms with Gasteiger partial charge in [-0.3, -0.25) is 14.4 Å². The van der Waals surface area contributed by atoms with Crippen molar-refractivity contribution >= 4 is 45.8 Å². The first-order valence-corrected chi connectivity index (χ1v) is 12.3. The van der Waals surface area contributed by atoms with Crippen LogP contribution in [0.2, 0.25) is 0 Å². The van der Waals surface area contributed by atoms with E-state index in [1.165, 1.54) is 17.5 Å². The first-order valence-electron chi connectivity index (χ1n) is 11.5. The second-order valence-electron chi connectivity index (χ2n) is 8.46. The van der Waals surface area contributed by atoms with Gasteiger partial charge in [-0.2, -0.15) is 0 Å². The first-order chi connectivity index (χ1) is 17.0. The number of carbonyl (C=O) groups excluding carboxylic acids is 3. The molecule has 0 unspecified atom stereocenters. The summed E-state index contributed by atoms with van der Waals surface area (Å²) in [6.45, 7) is 2.85. The molecule has 1 aromatic carbocycles. The second-order valence-corrected chi connectivity index (χ2v) is 9.60. The summed E-state index contributed by atoms with van der Waals surface area (Å²) >= 11 is 1.47. The van der Waals surface area contributed by atoms with Crippen LogP contribution < -0.4 is 10.6 Å². The molecule has 0 saturated carbocycles. The zero-order valence-electron chi connectivity index (χ0n) is 19.2. The van der Waals surface area contributed by atoms with Crippen molar-refractivity contribution < 1.29 is 14.4 Å². The van der Waals surface area contributed by atoms with Crippen molar-refractivity contribution in [1.29, 1.82) is 0 Å². The molecule has 0 aliphatic carbocycles. The number of aromatic amines is 1. The maximum absolute atomic E-state index is 13.3. The van der Waals surface area contributed by atoms with E-state index in [9.17, 15) is 14.4 Å². The first kappa shape index (κ1) is 22.8. The van der Waals surface area contributed by atoms with E-state index in [-0.39, 0.29) is 17.7 Å². The lowest BCUT2D eigenvalue weighted by atomic mass is 10.1. The average molecular weight is 488 g/mol. The molecular weight excluding hydrogens is 462 g/mol. The number of pyridine rings is 1. The molecule has 4 heterocycles. The zero-order valence-corrected chi connectivity index (χ0v) is 20.0. The van der Waals surface area contributed by atoms with Crippen LogP contribution in [-0.2, 0) is 17.8 Å². The van der Waals surface area contributed by atoms with Gasteiger partial charge in [-0.25, -0.2) is 4.98 Å². The van der Waals surface area contributed by atoms with Crippen LogP contribution in [0.15, 0.2) is 60.9 Å². The number of fused-ring (bicyclic) bond motifs is 2. The van der Waals surface area contributed by atoms with Crippen molar-refractivity contribution in [3.05, 3.63) is 81.8 Å². The number of amides is 3. The molecule has 1 aliphatic heterocycles. The lowest BCUT2D eigenvalue weighted by Gasteiger charge is -2.30. The van der Waals surface area contributed by atoms with Gasteiger partial charge in [0.15, 0.2) is 0 Å². The van der Waals surface area contributed by atoms with E-state index in [4.69, 9.17) is 0 Å². The summed E-state index contributed by atoms with van der Waals surface area (Å²) in [5.41, 5.74) is 2.85. The summed E-state index contributed by atoms with van der Waals surface area (Å²) in [6.07, 6.45) is 4.43. The van der Waals surface area contributed by atoms with E-state index >= 15 is 0 Å². The number of aromatic nitrogens is 2. The van der Waals surface area contributed by atoms with Gasteiger partial charge in [0.25, 0.3) is 11.8 Å². The van der Waals surface area contributed by atoms with Crippen molar-refractivity contribution in [2.45, 2.75) is 32.4 Å². The molecule has 35 heavy (non-hydrogen) atoms. The van der Waals surface area contributed by atoms with Crippen LogP contribution in [0, 0.1) is 0 Å². The molecule has 0 fully saturated rings. The van der Waals surface area contributed by atoms with Crippen LogP contribution in [0.3, 0.4) is 0 Å². The predicted octanol–water partition coefficient (Wildman–Crippen LogP) is 3.97. The summed E-state index contributed by atoms with van der Waals surface area (Å²) in [5.74, 6) is -0.599. The van der Waals surface area contributed by atoms with E-state index in [0.29, 0.717) is 42.0 Å². The number of para-hydroxylation sites is 1. The van der Waals surface area contributed by atoms with Gasteiger partial charge in [0.1, 0.15) is 11.7 Å². The summed E-state index contributed by atoms with van der Waals surface area (Å²) in [6, 6.07) is 14.2. The normalized spacial score (nSPS) is 13.8. The third-order valence-corrected chi connectivity index (χ3v) is 7.34. The summed E-state index contributed by atoms with van der Waals surface area (Å²) < 4.78 is 0. The highest BCUT2D eigenvalue weighted by molar-refractivity contribution is 7.14. The Hall–Kier alpha value is -3.98. The highest BCUT2D eigenvalue weighted by Gasteiger charge is 2.29. The number of thiophene rings is 1. The molecule has 8 nitrogen and oxygen atoms in total. The van der Waals surface area contributed by atoms with Crippen LogP contribution in [0.4, 0.5) is 5.69 Å². The number of hydrogen-bond donors (Lipinski definition) is 3. The molecule has 0 bridgehead atoms. The minimum atomic E-state index is -0.634. The zero-order chi connectivity index (χ0) is 24.4. The Morgan fingerprint density at radius 1 is 1.14 bits per heavy atom. The Labute approximate surface area is 206 Å². The Morgan fingerprint density at radius 2 is 1.97 bits per heavy atom. The Bertz CT molecular complexity index is 1390. The summed E-state index contributed by atoms with van der Waals surface area (Å²) in [4.78, 5) is 49.5. The number of hydrogen-bond acceptors (Lipinski definition) is 5. The topological polar surface area (TPSA) is 107 Å². The van der Waals surface area contributed by atoms with Crippen molar-refractivity contribution in [3.8, 4) is 0 Å². The minimum absolute atomic E-state index is 0.122. The van der Waals surface area contributed by atoms with Gasteiger partial charge in [0, 0.05) is 41.4 Å². The number of nitrogens with one attached hydrogen (secondary N) is 3. The molecule has 178 valence electrons. The molecule has 0 spiro atoms. The van der Waals surface area contributed by atoms with Crippen LogP contribution in [-0.4, -0.2) is 45.2 Å². The van der Waals surface area contributed by atoms with Gasteiger partial charge in [-0.15, -0.1) is 11.3 Å². The van der Waals surface area contributed by atoms with Crippen molar-refractivity contribution in [2.24, 2.45) is 0 Å². The maximum atomic E-state index is 13.3. The van der Waals surface area contributed by atoms with E-state index in [1.54, 1.807) is 17.2 Å². The number of H-pyrrole nitrogens is 1. The number of rotatable bonds is 6. The van der Waals surface area contributed by atoms with Crippen molar-refractivity contribution in [2.75, 3.05) is 11.9 Å². The monoisotopic (exact) mass is 487 g/mol. The molecule has 3 aromatic heterocycles. The van der Waals surface area contributed by atoms with E-state index in [0.717, 1.165) is 21.5 Å². The summed E-state index contributed by atoms with van der Waals surface area (Å²) in [7, 11) is 0. The summed E-state index contributed by atoms with van der Waals surface area (Å²) in [5, 5.41) is 6.62. The lowest BCUT2D eigenvalue weighted by Crippen LogP contribution is -2.49. The molecule has 1 aliphatic rings. The molecule has 4 aromatic rings. The Morgan fingerprint density at radius 3 is 2.77 bits per heavy atom. The molecule has 5 rings (SSSR count). The van der Waals surface area contributed by atoms with E-state index < -0.39 is 6.04 Å². The molecule has 0 saturated heterocycles. The van der Waals surface area contributed by atoms with Gasteiger partial charge < -0.3 is 20.5 Å². The van der Waals surface area contributed by atoms with Crippen molar-refractivity contribution in [1.82, 2.24) is 20.2 Å². The molecular formula is C26H25N5O3S. The molecule has 0 radical (unpaired) electrons. The lowest BCUT2D eigenvalue weighted by molar-refractivity contribution is -0.134. The number of benzene rings is 1. The SMILES string of the molecule is CC[C@@H](NC(=O)c1cnc2[nH]ccc2c1)C(=O)N1CCc2sc(C(=O)Nc3ccccc3)cc2C1. The van der Waals surface area contributed by atoms with Crippen LogP contribution in [0.5, 0.6) is 0 Å². The van der Waals surface area contributed by atoms with E-state index in [2.05, 4.69) is 20.6 Å². The van der Waals surface area contributed by atoms with Crippen molar-refractivity contribution in [3.63, 3.8) is 0 Å². The smallest absolute Gasteiger partial charge is 0.265 e. The standard InChI is InChI=1S/C26H25N5O3S/c1-2-20(30-24(32)17-12-16-8-10-27-23(16)28-14-17)26(34)31-11-9-21-18(15-31)13-22(35-21)25(33)29-19-6-4-3-5-7-19/h3-8,10,12-14,20H,2,9,11,15H2,1H3,(H,27,28)(H,29,33)(H,30,32)/t20-/m1/s1. The number of anilines is 1.